The number of aromatic carboxylic acids is 1. The molecule has 1 aliphatic rings. The lowest BCUT2D eigenvalue weighted by molar-refractivity contribution is 0.0697. The number of benzene rings is 1. The summed E-state index contributed by atoms with van der Waals surface area (Å²) in [4.78, 5) is 13.3. The maximum absolute atomic E-state index is 10.8. The summed E-state index contributed by atoms with van der Waals surface area (Å²) in [5.41, 5.74) is 1.64. The van der Waals surface area contributed by atoms with Crippen LogP contribution < -0.4 is 0 Å². The molecular weight excluding hydrogens is 226 g/mol. The van der Waals surface area contributed by atoms with Crippen LogP contribution in [0.3, 0.4) is 0 Å². The third-order valence-electron chi connectivity index (χ3n) is 4.06. The van der Waals surface area contributed by atoms with E-state index in [1.807, 2.05) is 12.1 Å². The Hall–Kier alpha value is -1.35. The topological polar surface area (TPSA) is 40.5 Å². The number of nitrogens with zero attached hydrogens (tertiary/aromatic N) is 1. The van der Waals surface area contributed by atoms with Gasteiger partial charge < -0.3 is 10.0 Å². The summed E-state index contributed by atoms with van der Waals surface area (Å²) in [6.45, 7) is 6.75. The number of rotatable bonds is 4. The quantitative estimate of drug-likeness (QED) is 0.889. The minimum absolute atomic E-state index is 0.371. The predicted molar refractivity (Wildman–Crippen MR) is 72.1 cm³/mol. The van der Waals surface area contributed by atoms with Crippen molar-refractivity contribution in [3.8, 4) is 0 Å². The zero-order valence-corrected chi connectivity index (χ0v) is 11.1. The van der Waals surface area contributed by atoms with Crippen LogP contribution in [-0.2, 0) is 0 Å². The minimum Gasteiger partial charge on any atom is -0.478 e. The SMILES string of the molecule is CCC(C)N1CCC(c2ccc(C(=O)O)cc2)C1. The smallest absolute Gasteiger partial charge is 0.335 e. The molecule has 0 saturated carbocycles. The molecule has 0 amide bonds. The minimum atomic E-state index is -0.853. The molecule has 2 atom stereocenters. The van der Waals surface area contributed by atoms with Crippen molar-refractivity contribution in [1.29, 1.82) is 0 Å². The van der Waals surface area contributed by atoms with Gasteiger partial charge in [0, 0.05) is 12.6 Å². The molecule has 1 fully saturated rings. The summed E-state index contributed by atoms with van der Waals surface area (Å²) < 4.78 is 0. The van der Waals surface area contributed by atoms with Gasteiger partial charge in [0.25, 0.3) is 0 Å². The second-order valence-corrected chi connectivity index (χ2v) is 5.16. The van der Waals surface area contributed by atoms with E-state index in [0.717, 1.165) is 13.1 Å². The van der Waals surface area contributed by atoms with Gasteiger partial charge in [-0.3, -0.25) is 0 Å². The first-order chi connectivity index (χ1) is 8.61. The van der Waals surface area contributed by atoms with Crippen molar-refractivity contribution in [3.63, 3.8) is 0 Å². The van der Waals surface area contributed by atoms with Crippen molar-refractivity contribution in [2.75, 3.05) is 13.1 Å². The number of carboxylic acids is 1. The molecule has 3 nitrogen and oxygen atoms in total. The molecule has 2 rings (SSSR count). The summed E-state index contributed by atoms with van der Waals surface area (Å²) >= 11 is 0. The first-order valence-electron chi connectivity index (χ1n) is 6.69. The van der Waals surface area contributed by atoms with E-state index >= 15 is 0 Å². The van der Waals surface area contributed by atoms with Gasteiger partial charge in [0.05, 0.1) is 5.56 Å². The van der Waals surface area contributed by atoms with E-state index in [2.05, 4.69) is 18.7 Å². The summed E-state index contributed by atoms with van der Waals surface area (Å²) in [5.74, 6) is -0.295. The molecule has 1 saturated heterocycles. The fraction of sp³-hybridized carbons (Fsp3) is 0.533. The van der Waals surface area contributed by atoms with Crippen molar-refractivity contribution < 1.29 is 9.90 Å². The van der Waals surface area contributed by atoms with Gasteiger partial charge in [-0.05, 0) is 49.9 Å². The van der Waals surface area contributed by atoms with Crippen molar-refractivity contribution >= 4 is 5.97 Å². The first-order valence-corrected chi connectivity index (χ1v) is 6.69. The van der Waals surface area contributed by atoms with Crippen LogP contribution in [0.15, 0.2) is 24.3 Å². The highest BCUT2D eigenvalue weighted by molar-refractivity contribution is 5.87. The zero-order chi connectivity index (χ0) is 13.1. The highest BCUT2D eigenvalue weighted by Crippen LogP contribution is 2.29. The molecule has 1 N–H and O–H groups in total. The third-order valence-corrected chi connectivity index (χ3v) is 4.06. The van der Waals surface area contributed by atoms with Crippen LogP contribution in [0.5, 0.6) is 0 Å². The number of carboxylic acid groups (broad SMARTS) is 1. The van der Waals surface area contributed by atoms with Gasteiger partial charge in [-0.15, -0.1) is 0 Å². The molecule has 98 valence electrons. The van der Waals surface area contributed by atoms with E-state index in [1.54, 1.807) is 12.1 Å². The fourth-order valence-corrected chi connectivity index (χ4v) is 2.62. The largest absolute Gasteiger partial charge is 0.478 e. The Labute approximate surface area is 108 Å². The van der Waals surface area contributed by atoms with Gasteiger partial charge in [0.2, 0.25) is 0 Å². The number of hydrogen-bond acceptors (Lipinski definition) is 2. The monoisotopic (exact) mass is 247 g/mol. The normalized spacial score (nSPS) is 22.0. The second kappa shape index (κ2) is 5.53. The van der Waals surface area contributed by atoms with Gasteiger partial charge in [-0.2, -0.15) is 0 Å². The highest BCUT2D eigenvalue weighted by atomic mass is 16.4. The molecule has 0 bridgehead atoms. The number of likely N-dealkylation sites (tertiary alicyclic amines) is 1. The van der Waals surface area contributed by atoms with Crippen molar-refractivity contribution in [2.45, 2.75) is 38.6 Å². The van der Waals surface area contributed by atoms with Gasteiger partial charge in [0.1, 0.15) is 0 Å². The van der Waals surface area contributed by atoms with E-state index in [-0.39, 0.29) is 0 Å². The molecule has 0 aromatic heterocycles. The lowest BCUT2D eigenvalue weighted by Crippen LogP contribution is -2.29. The molecule has 0 radical (unpaired) electrons. The van der Waals surface area contributed by atoms with Crippen LogP contribution in [0.1, 0.15) is 48.5 Å². The van der Waals surface area contributed by atoms with Gasteiger partial charge in [-0.1, -0.05) is 19.1 Å². The molecule has 1 aromatic carbocycles. The van der Waals surface area contributed by atoms with E-state index in [9.17, 15) is 4.79 Å². The molecule has 0 spiro atoms. The summed E-state index contributed by atoms with van der Waals surface area (Å²) in [7, 11) is 0. The number of carbonyl (C=O) groups is 1. The Morgan fingerprint density at radius 1 is 1.44 bits per heavy atom. The Balaban J connectivity index is 2.03. The fourth-order valence-electron chi connectivity index (χ4n) is 2.62. The lowest BCUT2D eigenvalue weighted by atomic mass is 9.97. The molecule has 1 aromatic rings. The van der Waals surface area contributed by atoms with Crippen LogP contribution in [-0.4, -0.2) is 35.1 Å². The Morgan fingerprint density at radius 3 is 2.67 bits per heavy atom. The molecule has 3 heteroatoms. The lowest BCUT2D eigenvalue weighted by Gasteiger charge is -2.23. The van der Waals surface area contributed by atoms with Gasteiger partial charge in [-0.25, -0.2) is 4.79 Å². The summed E-state index contributed by atoms with van der Waals surface area (Å²) in [6.07, 6.45) is 2.36. The Morgan fingerprint density at radius 2 is 2.11 bits per heavy atom. The maximum Gasteiger partial charge on any atom is 0.335 e. The molecule has 2 unspecified atom stereocenters. The van der Waals surface area contributed by atoms with Crippen molar-refractivity contribution in [2.24, 2.45) is 0 Å². The van der Waals surface area contributed by atoms with Gasteiger partial charge in [0.15, 0.2) is 0 Å². The van der Waals surface area contributed by atoms with E-state index in [0.29, 0.717) is 17.5 Å². The molecule has 1 heterocycles. The summed E-state index contributed by atoms with van der Waals surface area (Å²) in [6, 6.07) is 8.00. The zero-order valence-electron chi connectivity index (χ0n) is 11.1. The van der Waals surface area contributed by atoms with Crippen LogP contribution >= 0.6 is 0 Å². The summed E-state index contributed by atoms with van der Waals surface area (Å²) in [5, 5.41) is 8.88. The number of hydrogen-bond donors (Lipinski definition) is 1. The molecule has 1 aliphatic heterocycles. The average molecular weight is 247 g/mol. The van der Waals surface area contributed by atoms with E-state index in [4.69, 9.17) is 5.11 Å². The molecule has 0 aliphatic carbocycles. The predicted octanol–water partition coefficient (Wildman–Crippen LogP) is 2.97. The van der Waals surface area contributed by atoms with E-state index < -0.39 is 5.97 Å². The van der Waals surface area contributed by atoms with Crippen molar-refractivity contribution in [1.82, 2.24) is 4.90 Å². The van der Waals surface area contributed by atoms with Crippen LogP contribution in [0.25, 0.3) is 0 Å². The van der Waals surface area contributed by atoms with Gasteiger partial charge >= 0.3 is 5.97 Å². The first kappa shape index (κ1) is 13.1. The van der Waals surface area contributed by atoms with Crippen LogP contribution in [0.4, 0.5) is 0 Å². The maximum atomic E-state index is 10.8. The third kappa shape index (κ3) is 2.72. The highest BCUT2D eigenvalue weighted by Gasteiger charge is 2.26. The van der Waals surface area contributed by atoms with E-state index in [1.165, 1.54) is 18.4 Å². The Kier molecular flexibility index (Phi) is 4.02. The van der Waals surface area contributed by atoms with Crippen molar-refractivity contribution in [3.05, 3.63) is 35.4 Å². The Bertz CT molecular complexity index is 413. The second-order valence-electron chi connectivity index (χ2n) is 5.16. The van der Waals surface area contributed by atoms with Crippen LogP contribution in [0, 0.1) is 0 Å². The molecular formula is C15H21NO2. The average Bonchev–Trinajstić information content (AvgIpc) is 2.87. The standard InChI is InChI=1S/C15H21NO2/c1-3-11(2)16-9-8-14(10-16)12-4-6-13(7-5-12)15(17)18/h4-7,11,14H,3,8-10H2,1-2H3,(H,17,18). The molecule has 18 heavy (non-hydrogen) atoms. The van der Waals surface area contributed by atoms with Crippen LogP contribution in [0.2, 0.25) is 0 Å².